The van der Waals surface area contributed by atoms with Gasteiger partial charge in [0.2, 0.25) is 0 Å². The SMILES string of the molecule is N#Cc1cn(-c2ccc(C(=O)O)c(O)c2)c2cc(Cl)c(F)cc12. The van der Waals surface area contributed by atoms with Crippen LogP contribution in [0.3, 0.4) is 0 Å². The highest BCUT2D eigenvalue weighted by molar-refractivity contribution is 6.31. The Morgan fingerprint density at radius 3 is 2.65 bits per heavy atom. The number of benzene rings is 2. The fraction of sp³-hybridized carbons (Fsp3) is 0. The van der Waals surface area contributed by atoms with E-state index in [0.29, 0.717) is 16.6 Å². The van der Waals surface area contributed by atoms with Crippen molar-refractivity contribution in [3.8, 4) is 17.5 Å². The molecule has 3 rings (SSSR count). The molecular formula is C16H8ClFN2O3. The first-order chi connectivity index (χ1) is 10.9. The van der Waals surface area contributed by atoms with Crippen molar-refractivity contribution in [3.63, 3.8) is 0 Å². The minimum Gasteiger partial charge on any atom is -0.507 e. The Morgan fingerprint density at radius 2 is 2.04 bits per heavy atom. The molecule has 114 valence electrons. The van der Waals surface area contributed by atoms with Crippen LogP contribution in [-0.4, -0.2) is 20.7 Å². The fourth-order valence-electron chi connectivity index (χ4n) is 2.37. The number of hydrogen-bond acceptors (Lipinski definition) is 3. The van der Waals surface area contributed by atoms with Crippen LogP contribution >= 0.6 is 11.6 Å². The van der Waals surface area contributed by atoms with Gasteiger partial charge in [0.25, 0.3) is 0 Å². The molecule has 0 unspecified atom stereocenters. The summed E-state index contributed by atoms with van der Waals surface area (Å²) in [5, 5.41) is 28.2. The van der Waals surface area contributed by atoms with Crippen LogP contribution in [0.15, 0.2) is 36.5 Å². The zero-order chi connectivity index (χ0) is 16.7. The molecule has 0 amide bonds. The summed E-state index contributed by atoms with van der Waals surface area (Å²) in [6, 6.07) is 8.47. The lowest BCUT2D eigenvalue weighted by atomic mass is 10.1. The molecule has 2 N–H and O–H groups in total. The number of carboxylic acid groups (broad SMARTS) is 1. The number of aromatic carboxylic acids is 1. The Hall–Kier alpha value is -3.04. The second-order valence-corrected chi connectivity index (χ2v) is 5.22. The summed E-state index contributed by atoms with van der Waals surface area (Å²) in [5.41, 5.74) is 0.879. The van der Waals surface area contributed by atoms with E-state index in [9.17, 15) is 19.6 Å². The number of fused-ring (bicyclic) bond motifs is 1. The third kappa shape index (κ3) is 2.37. The highest BCUT2D eigenvalue weighted by Gasteiger charge is 2.15. The van der Waals surface area contributed by atoms with Crippen molar-refractivity contribution in [1.29, 1.82) is 5.26 Å². The molecule has 1 heterocycles. The molecule has 5 nitrogen and oxygen atoms in total. The predicted molar refractivity (Wildman–Crippen MR) is 81.6 cm³/mol. The predicted octanol–water partition coefficient (Wildman–Crippen LogP) is 3.70. The molecule has 0 bridgehead atoms. The third-order valence-corrected chi connectivity index (χ3v) is 3.75. The van der Waals surface area contributed by atoms with Gasteiger partial charge in [0.15, 0.2) is 0 Å². The maximum atomic E-state index is 13.6. The van der Waals surface area contributed by atoms with E-state index in [4.69, 9.17) is 16.7 Å². The largest absolute Gasteiger partial charge is 0.507 e. The summed E-state index contributed by atoms with van der Waals surface area (Å²) in [5.74, 6) is -2.31. The molecule has 0 atom stereocenters. The van der Waals surface area contributed by atoms with Crippen LogP contribution < -0.4 is 0 Å². The fourth-order valence-corrected chi connectivity index (χ4v) is 2.53. The van der Waals surface area contributed by atoms with E-state index in [0.717, 1.165) is 6.07 Å². The quantitative estimate of drug-likeness (QED) is 0.750. The maximum Gasteiger partial charge on any atom is 0.339 e. The first-order valence-electron chi connectivity index (χ1n) is 6.39. The van der Waals surface area contributed by atoms with E-state index in [1.54, 1.807) is 0 Å². The van der Waals surface area contributed by atoms with Gasteiger partial charge >= 0.3 is 5.97 Å². The van der Waals surface area contributed by atoms with Gasteiger partial charge in [-0.1, -0.05) is 11.6 Å². The second kappa shape index (κ2) is 5.30. The Kier molecular flexibility index (Phi) is 3.43. The van der Waals surface area contributed by atoms with E-state index in [-0.39, 0.29) is 16.1 Å². The molecule has 7 heteroatoms. The topological polar surface area (TPSA) is 86.2 Å². The number of halogens is 2. The molecule has 1 aromatic heterocycles. The van der Waals surface area contributed by atoms with Crippen molar-refractivity contribution >= 4 is 28.5 Å². The van der Waals surface area contributed by atoms with E-state index in [2.05, 4.69) is 0 Å². The highest BCUT2D eigenvalue weighted by atomic mass is 35.5. The van der Waals surface area contributed by atoms with Crippen LogP contribution in [0.25, 0.3) is 16.6 Å². The lowest BCUT2D eigenvalue weighted by molar-refractivity contribution is 0.0694. The number of carboxylic acids is 1. The van der Waals surface area contributed by atoms with Gasteiger partial charge < -0.3 is 14.8 Å². The summed E-state index contributed by atoms with van der Waals surface area (Å²) >= 11 is 5.80. The molecular weight excluding hydrogens is 323 g/mol. The molecule has 0 spiro atoms. The molecule has 0 saturated carbocycles. The van der Waals surface area contributed by atoms with Crippen molar-refractivity contribution in [1.82, 2.24) is 4.57 Å². The van der Waals surface area contributed by atoms with Crippen molar-refractivity contribution in [2.24, 2.45) is 0 Å². The number of rotatable bonds is 2. The summed E-state index contributed by atoms with van der Waals surface area (Å²) in [6.45, 7) is 0. The maximum absolute atomic E-state index is 13.6. The number of aromatic hydroxyl groups is 1. The van der Waals surface area contributed by atoms with Gasteiger partial charge in [-0.25, -0.2) is 9.18 Å². The van der Waals surface area contributed by atoms with Crippen LogP contribution in [0.1, 0.15) is 15.9 Å². The average Bonchev–Trinajstić information content (AvgIpc) is 2.85. The lowest BCUT2D eigenvalue weighted by Crippen LogP contribution is -1.99. The van der Waals surface area contributed by atoms with Gasteiger partial charge in [-0.2, -0.15) is 5.26 Å². The molecule has 0 aliphatic heterocycles. The van der Waals surface area contributed by atoms with Gasteiger partial charge in [-0.05, 0) is 24.3 Å². The average molecular weight is 331 g/mol. The highest BCUT2D eigenvalue weighted by Crippen LogP contribution is 2.31. The Bertz CT molecular complexity index is 1000. The summed E-state index contributed by atoms with van der Waals surface area (Å²) in [7, 11) is 0. The molecule has 3 aromatic rings. The van der Waals surface area contributed by atoms with E-state index < -0.39 is 17.5 Å². The zero-order valence-electron chi connectivity index (χ0n) is 11.4. The molecule has 0 saturated heterocycles. The first-order valence-corrected chi connectivity index (χ1v) is 6.77. The lowest BCUT2D eigenvalue weighted by Gasteiger charge is -2.08. The van der Waals surface area contributed by atoms with Crippen molar-refractivity contribution in [2.45, 2.75) is 0 Å². The van der Waals surface area contributed by atoms with Gasteiger partial charge in [0.05, 0.1) is 16.1 Å². The third-order valence-electron chi connectivity index (χ3n) is 3.46. The first kappa shape index (κ1) is 14.9. The molecule has 2 aromatic carbocycles. The van der Waals surface area contributed by atoms with Crippen LogP contribution in [0.2, 0.25) is 5.02 Å². The van der Waals surface area contributed by atoms with Crippen LogP contribution in [0.5, 0.6) is 5.75 Å². The molecule has 23 heavy (non-hydrogen) atoms. The number of nitrogens with zero attached hydrogens (tertiary/aromatic N) is 2. The van der Waals surface area contributed by atoms with Gasteiger partial charge in [0.1, 0.15) is 23.2 Å². The van der Waals surface area contributed by atoms with E-state index >= 15 is 0 Å². The standard InChI is InChI=1S/C16H8ClFN2O3/c17-12-5-14-11(4-13(12)18)8(6-19)7-20(14)9-1-2-10(16(22)23)15(21)3-9/h1-5,7,21H,(H,22,23). The number of phenols is 1. The smallest absolute Gasteiger partial charge is 0.339 e. The molecule has 0 radical (unpaired) electrons. The Morgan fingerprint density at radius 1 is 1.30 bits per heavy atom. The molecule has 0 aliphatic carbocycles. The van der Waals surface area contributed by atoms with Crippen molar-refractivity contribution < 1.29 is 19.4 Å². The van der Waals surface area contributed by atoms with Gasteiger partial charge in [-0.15, -0.1) is 0 Å². The number of aromatic nitrogens is 1. The number of hydrogen-bond donors (Lipinski definition) is 2. The van der Waals surface area contributed by atoms with Crippen molar-refractivity contribution in [3.05, 3.63) is 58.5 Å². The normalized spacial score (nSPS) is 10.7. The van der Waals surface area contributed by atoms with Gasteiger partial charge in [-0.3, -0.25) is 0 Å². The van der Waals surface area contributed by atoms with Crippen LogP contribution in [-0.2, 0) is 0 Å². The summed E-state index contributed by atoms with van der Waals surface area (Å²) < 4.78 is 15.2. The molecule has 0 fully saturated rings. The van der Waals surface area contributed by atoms with Crippen LogP contribution in [0, 0.1) is 17.1 Å². The van der Waals surface area contributed by atoms with E-state index in [1.165, 1.54) is 35.0 Å². The number of carbonyl (C=O) groups is 1. The second-order valence-electron chi connectivity index (χ2n) is 4.81. The zero-order valence-corrected chi connectivity index (χ0v) is 12.2. The minimum absolute atomic E-state index is 0.104. The molecule has 0 aliphatic rings. The minimum atomic E-state index is -1.26. The monoisotopic (exact) mass is 330 g/mol. The van der Waals surface area contributed by atoms with Gasteiger partial charge in [0, 0.05) is 23.3 Å². The summed E-state index contributed by atoms with van der Waals surface area (Å²) in [4.78, 5) is 10.9. The van der Waals surface area contributed by atoms with E-state index in [1.807, 2.05) is 6.07 Å². The Labute approximate surface area is 134 Å². The number of nitriles is 1. The van der Waals surface area contributed by atoms with Crippen molar-refractivity contribution in [2.75, 3.05) is 0 Å². The Balaban J connectivity index is 2.29. The van der Waals surface area contributed by atoms with Crippen LogP contribution in [0.4, 0.5) is 4.39 Å². The summed E-state index contributed by atoms with van der Waals surface area (Å²) in [6.07, 6.45) is 1.47.